The quantitative estimate of drug-likeness (QED) is 0.763. The highest BCUT2D eigenvalue weighted by atomic mass is 35.5. The van der Waals surface area contributed by atoms with E-state index < -0.39 is 22.8 Å². The van der Waals surface area contributed by atoms with E-state index in [2.05, 4.69) is 5.32 Å². The molecule has 0 fully saturated rings. The maximum atomic E-state index is 12.9. The summed E-state index contributed by atoms with van der Waals surface area (Å²) in [5.74, 6) is 0. The summed E-state index contributed by atoms with van der Waals surface area (Å²) in [6, 6.07) is 13.6. The molecular weight excluding hydrogens is 367 g/mol. The molecule has 0 bridgehead atoms. The molecule has 1 N–H and O–H groups in total. The second-order valence-electron chi connectivity index (χ2n) is 5.44. The summed E-state index contributed by atoms with van der Waals surface area (Å²) in [6.45, 7) is 0.380. The second-order valence-corrected chi connectivity index (χ2v) is 5.85. The molecule has 136 valence electrons. The van der Waals surface area contributed by atoms with Crippen LogP contribution in [0.5, 0.6) is 0 Å². The van der Waals surface area contributed by atoms with E-state index in [1.165, 1.54) is 11.0 Å². The van der Waals surface area contributed by atoms with Crippen LogP contribution < -0.4 is 5.32 Å². The number of benzene rings is 2. The van der Waals surface area contributed by atoms with E-state index in [0.29, 0.717) is 0 Å². The third kappa shape index (κ3) is 5.39. The first kappa shape index (κ1) is 19.6. The summed E-state index contributed by atoms with van der Waals surface area (Å²) in [7, 11) is 0. The van der Waals surface area contributed by atoms with Crippen molar-refractivity contribution in [3.63, 3.8) is 0 Å². The van der Waals surface area contributed by atoms with Gasteiger partial charge in [0.1, 0.15) is 0 Å². The standard InChI is InChI=1S/C18H15ClF3N3O/c19-16-8-7-14(11-15(16)18(20,21)22)24-17(26)25(10-4-9-23)12-13-5-2-1-3-6-13/h1-3,5-8,11H,4,10,12H2,(H,24,26). The highest BCUT2D eigenvalue weighted by Gasteiger charge is 2.33. The minimum Gasteiger partial charge on any atom is -0.319 e. The predicted octanol–water partition coefficient (Wildman–Crippen LogP) is 5.31. The van der Waals surface area contributed by atoms with Gasteiger partial charge in [-0.1, -0.05) is 41.9 Å². The van der Waals surface area contributed by atoms with Crippen molar-refractivity contribution in [3.8, 4) is 6.07 Å². The van der Waals surface area contributed by atoms with Crippen molar-refractivity contribution in [2.75, 3.05) is 11.9 Å². The highest BCUT2D eigenvalue weighted by Crippen LogP contribution is 2.36. The Morgan fingerprint density at radius 1 is 1.19 bits per heavy atom. The predicted molar refractivity (Wildman–Crippen MR) is 92.6 cm³/mol. The van der Waals surface area contributed by atoms with Crippen LogP contribution in [0, 0.1) is 11.3 Å². The molecule has 2 amide bonds. The molecule has 26 heavy (non-hydrogen) atoms. The van der Waals surface area contributed by atoms with Gasteiger partial charge < -0.3 is 10.2 Å². The van der Waals surface area contributed by atoms with Crippen molar-refractivity contribution in [3.05, 3.63) is 64.7 Å². The van der Waals surface area contributed by atoms with Crippen molar-refractivity contribution in [2.24, 2.45) is 0 Å². The largest absolute Gasteiger partial charge is 0.417 e. The summed E-state index contributed by atoms with van der Waals surface area (Å²) in [5, 5.41) is 10.7. The zero-order valence-electron chi connectivity index (χ0n) is 13.6. The van der Waals surface area contributed by atoms with Gasteiger partial charge in [-0.25, -0.2) is 4.79 Å². The fourth-order valence-electron chi connectivity index (χ4n) is 2.26. The first-order valence-corrected chi connectivity index (χ1v) is 8.02. The number of rotatable bonds is 5. The molecule has 0 saturated carbocycles. The summed E-state index contributed by atoms with van der Waals surface area (Å²) in [5.41, 5.74) is -0.210. The van der Waals surface area contributed by atoms with Gasteiger partial charge in [0.15, 0.2) is 0 Å². The van der Waals surface area contributed by atoms with Crippen LogP contribution in [0.1, 0.15) is 17.5 Å². The molecule has 0 unspecified atom stereocenters. The Morgan fingerprint density at radius 3 is 2.50 bits per heavy atom. The number of nitriles is 1. The van der Waals surface area contributed by atoms with Crippen LogP contribution >= 0.6 is 11.6 Å². The summed E-state index contributed by atoms with van der Waals surface area (Å²) >= 11 is 5.58. The maximum absolute atomic E-state index is 12.9. The Bertz CT molecular complexity index is 804. The number of carbonyl (C=O) groups excluding carboxylic acids is 1. The van der Waals surface area contributed by atoms with E-state index >= 15 is 0 Å². The number of amides is 2. The van der Waals surface area contributed by atoms with E-state index in [4.69, 9.17) is 16.9 Å². The van der Waals surface area contributed by atoms with Crippen LogP contribution in [0.2, 0.25) is 5.02 Å². The first-order chi connectivity index (χ1) is 12.3. The Labute approximate surface area is 153 Å². The molecular formula is C18H15ClF3N3O. The smallest absolute Gasteiger partial charge is 0.319 e. The fourth-order valence-corrected chi connectivity index (χ4v) is 2.49. The van der Waals surface area contributed by atoms with Gasteiger partial charge in [0.2, 0.25) is 0 Å². The molecule has 0 aromatic heterocycles. The lowest BCUT2D eigenvalue weighted by Crippen LogP contribution is -2.35. The molecule has 2 aromatic carbocycles. The van der Waals surface area contributed by atoms with Crippen LogP contribution in [0.25, 0.3) is 0 Å². The molecule has 0 radical (unpaired) electrons. The monoisotopic (exact) mass is 381 g/mol. The van der Waals surface area contributed by atoms with Gasteiger partial charge in [-0.2, -0.15) is 18.4 Å². The Hall–Kier alpha value is -2.72. The van der Waals surface area contributed by atoms with Crippen LogP contribution in [0.15, 0.2) is 48.5 Å². The van der Waals surface area contributed by atoms with Gasteiger partial charge >= 0.3 is 12.2 Å². The number of nitrogens with one attached hydrogen (secondary N) is 1. The molecule has 0 aliphatic carbocycles. The zero-order valence-corrected chi connectivity index (χ0v) is 14.3. The molecule has 0 heterocycles. The topological polar surface area (TPSA) is 56.1 Å². The number of halogens is 4. The molecule has 2 rings (SSSR count). The maximum Gasteiger partial charge on any atom is 0.417 e. The average Bonchev–Trinajstić information content (AvgIpc) is 2.60. The summed E-state index contributed by atoms with van der Waals surface area (Å²) < 4.78 is 38.8. The van der Waals surface area contributed by atoms with E-state index in [0.717, 1.165) is 17.7 Å². The number of anilines is 1. The molecule has 0 aliphatic heterocycles. The number of carbonyl (C=O) groups is 1. The molecule has 0 spiro atoms. The summed E-state index contributed by atoms with van der Waals surface area (Å²) in [4.78, 5) is 13.8. The van der Waals surface area contributed by atoms with Gasteiger partial charge in [0.05, 0.1) is 23.1 Å². The number of nitrogens with zero attached hydrogens (tertiary/aromatic N) is 2. The molecule has 8 heteroatoms. The van der Waals surface area contributed by atoms with Gasteiger partial charge in [-0.05, 0) is 23.8 Å². The lowest BCUT2D eigenvalue weighted by atomic mass is 10.2. The number of alkyl halides is 3. The van der Waals surface area contributed by atoms with Crippen LogP contribution in [0.4, 0.5) is 23.7 Å². The lowest BCUT2D eigenvalue weighted by molar-refractivity contribution is -0.137. The van der Waals surface area contributed by atoms with E-state index in [9.17, 15) is 18.0 Å². The number of urea groups is 1. The van der Waals surface area contributed by atoms with Crippen molar-refractivity contribution in [1.29, 1.82) is 5.26 Å². The Morgan fingerprint density at radius 2 is 1.88 bits per heavy atom. The minimum absolute atomic E-state index is 0.0262. The van der Waals surface area contributed by atoms with Crippen LogP contribution in [0.3, 0.4) is 0 Å². The second kappa shape index (κ2) is 8.59. The van der Waals surface area contributed by atoms with Crippen molar-refractivity contribution in [1.82, 2.24) is 4.90 Å². The SMILES string of the molecule is N#CCCN(Cc1ccccc1)C(=O)Nc1ccc(Cl)c(C(F)(F)F)c1. The highest BCUT2D eigenvalue weighted by molar-refractivity contribution is 6.31. The minimum atomic E-state index is -4.62. The van der Waals surface area contributed by atoms with Crippen LogP contribution in [-0.2, 0) is 12.7 Å². The van der Waals surface area contributed by atoms with Crippen molar-refractivity contribution < 1.29 is 18.0 Å². The lowest BCUT2D eigenvalue weighted by Gasteiger charge is -2.22. The molecule has 4 nitrogen and oxygen atoms in total. The van der Waals surface area contributed by atoms with E-state index in [1.54, 1.807) is 0 Å². The van der Waals surface area contributed by atoms with Gasteiger partial charge in [0.25, 0.3) is 0 Å². The normalized spacial score (nSPS) is 10.9. The zero-order chi connectivity index (χ0) is 19.2. The molecule has 0 atom stereocenters. The number of hydrogen-bond donors (Lipinski definition) is 1. The molecule has 2 aromatic rings. The van der Waals surface area contributed by atoms with E-state index in [-0.39, 0.29) is 25.2 Å². The van der Waals surface area contributed by atoms with Gasteiger partial charge in [0, 0.05) is 18.8 Å². The third-order valence-electron chi connectivity index (χ3n) is 3.52. The van der Waals surface area contributed by atoms with Crippen LogP contribution in [-0.4, -0.2) is 17.5 Å². The van der Waals surface area contributed by atoms with Gasteiger partial charge in [-0.15, -0.1) is 0 Å². The third-order valence-corrected chi connectivity index (χ3v) is 3.85. The van der Waals surface area contributed by atoms with Crippen molar-refractivity contribution in [2.45, 2.75) is 19.1 Å². The molecule has 0 aliphatic rings. The number of hydrogen-bond acceptors (Lipinski definition) is 2. The van der Waals surface area contributed by atoms with Crippen molar-refractivity contribution >= 4 is 23.3 Å². The van der Waals surface area contributed by atoms with E-state index in [1.807, 2.05) is 36.4 Å². The van der Waals surface area contributed by atoms with Gasteiger partial charge in [-0.3, -0.25) is 0 Å². The Kier molecular flexibility index (Phi) is 6.47. The first-order valence-electron chi connectivity index (χ1n) is 7.65. The summed E-state index contributed by atoms with van der Waals surface area (Å²) in [6.07, 6.45) is -4.52. The molecule has 0 saturated heterocycles. The Balaban J connectivity index is 2.17. The average molecular weight is 382 g/mol. The fraction of sp³-hybridized carbons (Fsp3) is 0.222.